The lowest BCUT2D eigenvalue weighted by Crippen LogP contribution is -2.15. The molecule has 0 unspecified atom stereocenters. The average molecular weight is 247 g/mol. The lowest BCUT2D eigenvalue weighted by Gasteiger charge is -2.08. The molecule has 0 saturated carbocycles. The maximum absolute atomic E-state index is 11.7. The van der Waals surface area contributed by atoms with Crippen molar-refractivity contribution in [3.63, 3.8) is 0 Å². The second-order valence-corrected chi connectivity index (χ2v) is 3.47. The van der Waals surface area contributed by atoms with Crippen LogP contribution < -0.4 is 5.32 Å². The number of carbonyl (C=O) groups excluding carboxylic acids is 1. The van der Waals surface area contributed by atoms with Gasteiger partial charge in [-0.1, -0.05) is 6.07 Å². The Morgan fingerprint density at radius 3 is 2.78 bits per heavy atom. The van der Waals surface area contributed by atoms with Crippen LogP contribution in [0.3, 0.4) is 0 Å². The standard InChI is InChI=1S/C10H9N5O3/c1-5-6(10(17)18)3-2-4-7(5)11-9(16)8-12-14-15-13-8/h2-4H,1H3,(H,11,16)(H,17,18)(H,12,13,14,15). The number of tetrazole rings is 1. The SMILES string of the molecule is Cc1c(NC(=O)c2nn[nH]n2)cccc1C(=O)O. The molecule has 1 aromatic carbocycles. The van der Waals surface area contributed by atoms with E-state index < -0.39 is 11.9 Å². The molecule has 0 atom stereocenters. The number of amides is 1. The molecule has 8 nitrogen and oxygen atoms in total. The number of rotatable bonds is 3. The number of carbonyl (C=O) groups is 2. The molecule has 0 aliphatic carbocycles. The number of carboxylic acid groups (broad SMARTS) is 1. The monoisotopic (exact) mass is 247 g/mol. The molecule has 0 aliphatic heterocycles. The fourth-order valence-corrected chi connectivity index (χ4v) is 1.44. The highest BCUT2D eigenvalue weighted by Crippen LogP contribution is 2.19. The molecular formula is C10H9N5O3. The Bertz CT molecular complexity index is 594. The van der Waals surface area contributed by atoms with Gasteiger partial charge in [-0.15, -0.1) is 10.2 Å². The van der Waals surface area contributed by atoms with Crippen LogP contribution in [0.15, 0.2) is 18.2 Å². The third-order valence-electron chi connectivity index (χ3n) is 2.36. The predicted octanol–water partition coefficient (Wildman–Crippen LogP) is 0.459. The minimum atomic E-state index is -1.05. The summed E-state index contributed by atoms with van der Waals surface area (Å²) in [7, 11) is 0. The van der Waals surface area contributed by atoms with Crippen LogP contribution in [-0.4, -0.2) is 37.6 Å². The van der Waals surface area contributed by atoms with Crippen molar-refractivity contribution in [3.05, 3.63) is 35.2 Å². The molecule has 0 saturated heterocycles. The molecule has 1 aromatic heterocycles. The first-order chi connectivity index (χ1) is 8.59. The molecule has 0 aliphatic rings. The van der Waals surface area contributed by atoms with Gasteiger partial charge < -0.3 is 10.4 Å². The number of nitrogens with zero attached hydrogens (tertiary/aromatic N) is 3. The topological polar surface area (TPSA) is 121 Å². The Morgan fingerprint density at radius 1 is 1.39 bits per heavy atom. The number of nitrogens with one attached hydrogen (secondary N) is 2. The second-order valence-electron chi connectivity index (χ2n) is 3.47. The number of hydrogen-bond donors (Lipinski definition) is 3. The summed E-state index contributed by atoms with van der Waals surface area (Å²) in [6.07, 6.45) is 0. The Kier molecular flexibility index (Phi) is 3.00. The van der Waals surface area contributed by atoms with Gasteiger partial charge in [0.25, 0.3) is 11.7 Å². The molecule has 8 heteroatoms. The number of aromatic carboxylic acids is 1. The van der Waals surface area contributed by atoms with Crippen molar-refractivity contribution in [1.29, 1.82) is 0 Å². The van der Waals surface area contributed by atoms with Crippen molar-refractivity contribution in [1.82, 2.24) is 20.6 Å². The molecule has 0 radical (unpaired) electrons. The Labute approximate surface area is 101 Å². The minimum Gasteiger partial charge on any atom is -0.478 e. The number of benzene rings is 1. The lowest BCUT2D eigenvalue weighted by atomic mass is 10.1. The third kappa shape index (κ3) is 2.17. The zero-order chi connectivity index (χ0) is 13.1. The van der Waals surface area contributed by atoms with Gasteiger partial charge in [-0.2, -0.15) is 5.21 Å². The number of H-pyrrole nitrogens is 1. The van der Waals surface area contributed by atoms with Gasteiger partial charge in [0, 0.05) is 5.69 Å². The van der Waals surface area contributed by atoms with Crippen LogP contribution in [0.1, 0.15) is 26.5 Å². The Morgan fingerprint density at radius 2 is 2.17 bits per heavy atom. The van der Waals surface area contributed by atoms with E-state index >= 15 is 0 Å². The molecule has 18 heavy (non-hydrogen) atoms. The van der Waals surface area contributed by atoms with Crippen molar-refractivity contribution in [2.75, 3.05) is 5.32 Å². The van der Waals surface area contributed by atoms with Gasteiger partial charge in [-0.05, 0) is 29.8 Å². The van der Waals surface area contributed by atoms with Crippen molar-refractivity contribution < 1.29 is 14.7 Å². The van der Waals surface area contributed by atoms with Crippen LogP contribution >= 0.6 is 0 Å². The smallest absolute Gasteiger partial charge is 0.336 e. The van der Waals surface area contributed by atoms with E-state index in [1.165, 1.54) is 6.07 Å². The molecule has 0 spiro atoms. The molecule has 1 heterocycles. The van der Waals surface area contributed by atoms with Crippen LogP contribution in [0.4, 0.5) is 5.69 Å². The summed E-state index contributed by atoms with van der Waals surface area (Å²) < 4.78 is 0. The van der Waals surface area contributed by atoms with Gasteiger partial charge in [-0.3, -0.25) is 4.79 Å². The number of carboxylic acids is 1. The lowest BCUT2D eigenvalue weighted by molar-refractivity contribution is 0.0695. The predicted molar refractivity (Wildman–Crippen MR) is 60.3 cm³/mol. The average Bonchev–Trinajstić information content (AvgIpc) is 2.85. The molecular weight excluding hydrogens is 238 g/mol. The van der Waals surface area contributed by atoms with E-state index in [9.17, 15) is 9.59 Å². The van der Waals surface area contributed by atoms with Crippen molar-refractivity contribution in [2.24, 2.45) is 0 Å². The van der Waals surface area contributed by atoms with Crippen LogP contribution in [-0.2, 0) is 0 Å². The van der Waals surface area contributed by atoms with Gasteiger partial charge in [0.2, 0.25) is 0 Å². The van der Waals surface area contributed by atoms with Crippen LogP contribution in [0, 0.1) is 6.92 Å². The highest BCUT2D eigenvalue weighted by atomic mass is 16.4. The zero-order valence-electron chi connectivity index (χ0n) is 9.34. The van der Waals surface area contributed by atoms with Crippen molar-refractivity contribution >= 4 is 17.6 Å². The first-order valence-corrected chi connectivity index (χ1v) is 4.97. The Balaban J connectivity index is 2.27. The molecule has 3 N–H and O–H groups in total. The maximum Gasteiger partial charge on any atom is 0.336 e. The van der Waals surface area contributed by atoms with Gasteiger partial charge in [0.1, 0.15) is 0 Å². The van der Waals surface area contributed by atoms with E-state index in [1.807, 2.05) is 0 Å². The van der Waals surface area contributed by atoms with E-state index in [2.05, 4.69) is 25.9 Å². The molecule has 0 fully saturated rings. The van der Waals surface area contributed by atoms with E-state index in [1.54, 1.807) is 19.1 Å². The van der Waals surface area contributed by atoms with Gasteiger partial charge in [0.05, 0.1) is 5.56 Å². The minimum absolute atomic E-state index is 0.116. The summed E-state index contributed by atoms with van der Waals surface area (Å²) in [5.74, 6) is -1.73. The van der Waals surface area contributed by atoms with Crippen LogP contribution in [0.25, 0.3) is 0 Å². The highest BCUT2D eigenvalue weighted by Gasteiger charge is 2.15. The second kappa shape index (κ2) is 4.62. The molecule has 2 aromatic rings. The maximum atomic E-state index is 11.7. The molecule has 1 amide bonds. The number of aromatic nitrogens is 4. The quantitative estimate of drug-likeness (QED) is 0.724. The zero-order valence-corrected chi connectivity index (χ0v) is 9.34. The summed E-state index contributed by atoms with van der Waals surface area (Å²) in [6, 6.07) is 4.60. The van der Waals surface area contributed by atoms with Gasteiger partial charge in [-0.25, -0.2) is 4.79 Å². The van der Waals surface area contributed by atoms with Crippen molar-refractivity contribution in [3.8, 4) is 0 Å². The summed E-state index contributed by atoms with van der Waals surface area (Å²) >= 11 is 0. The fourth-order valence-electron chi connectivity index (χ4n) is 1.44. The normalized spacial score (nSPS) is 10.1. The summed E-state index contributed by atoms with van der Waals surface area (Å²) in [5.41, 5.74) is 0.979. The van der Waals surface area contributed by atoms with Crippen LogP contribution in [0.2, 0.25) is 0 Å². The molecule has 0 bridgehead atoms. The van der Waals surface area contributed by atoms with Crippen LogP contribution in [0.5, 0.6) is 0 Å². The van der Waals surface area contributed by atoms with E-state index in [0.29, 0.717) is 11.3 Å². The third-order valence-corrected chi connectivity index (χ3v) is 2.36. The Hall–Kier alpha value is -2.77. The molecule has 2 rings (SSSR count). The number of anilines is 1. The fraction of sp³-hybridized carbons (Fsp3) is 0.100. The summed E-state index contributed by atoms with van der Waals surface area (Å²) in [4.78, 5) is 22.6. The first kappa shape index (κ1) is 11.7. The molecule has 92 valence electrons. The largest absolute Gasteiger partial charge is 0.478 e. The van der Waals surface area contributed by atoms with E-state index in [-0.39, 0.29) is 11.4 Å². The van der Waals surface area contributed by atoms with Crippen molar-refractivity contribution in [2.45, 2.75) is 6.92 Å². The van der Waals surface area contributed by atoms with E-state index in [0.717, 1.165) is 0 Å². The summed E-state index contributed by atoms with van der Waals surface area (Å²) in [5, 5.41) is 23.9. The number of hydrogen-bond acceptors (Lipinski definition) is 5. The number of aromatic amines is 1. The summed E-state index contributed by atoms with van der Waals surface area (Å²) in [6.45, 7) is 1.61. The highest BCUT2D eigenvalue weighted by molar-refractivity contribution is 6.03. The van der Waals surface area contributed by atoms with E-state index in [4.69, 9.17) is 5.11 Å². The van der Waals surface area contributed by atoms with Gasteiger partial charge in [0.15, 0.2) is 0 Å². The van der Waals surface area contributed by atoms with Gasteiger partial charge >= 0.3 is 5.97 Å². The first-order valence-electron chi connectivity index (χ1n) is 4.97.